The van der Waals surface area contributed by atoms with Crippen LogP contribution in [-0.4, -0.2) is 30.1 Å². The van der Waals surface area contributed by atoms with Gasteiger partial charge in [-0.2, -0.15) is 13.2 Å². The molecule has 0 N–H and O–H groups in total. The molecule has 2 saturated carbocycles. The summed E-state index contributed by atoms with van der Waals surface area (Å²) in [5, 5.41) is 0. The van der Waals surface area contributed by atoms with Crippen molar-refractivity contribution in [3.05, 3.63) is 0 Å². The highest BCUT2D eigenvalue weighted by molar-refractivity contribution is 5.79. The Bertz CT molecular complexity index is 395. The Morgan fingerprint density at radius 2 is 1.85 bits per heavy atom. The molecule has 112 valence electrons. The third kappa shape index (κ3) is 3.68. The van der Waals surface area contributed by atoms with Crippen LogP contribution in [0.2, 0.25) is 0 Å². The number of halogens is 3. The predicted molar refractivity (Wildman–Crippen MR) is 69.6 cm³/mol. The topological polar surface area (TPSA) is 20.3 Å². The van der Waals surface area contributed by atoms with Crippen LogP contribution in [0.4, 0.5) is 13.2 Å². The molecule has 2 aliphatic rings. The highest BCUT2D eigenvalue weighted by Gasteiger charge is 2.49. The van der Waals surface area contributed by atoms with Gasteiger partial charge in [-0.05, 0) is 31.6 Å². The third-order valence-electron chi connectivity index (χ3n) is 4.27. The number of amides is 1. The van der Waals surface area contributed by atoms with Crippen molar-refractivity contribution in [3.8, 4) is 12.3 Å². The molecule has 0 radical (unpaired) electrons. The van der Waals surface area contributed by atoms with E-state index in [4.69, 9.17) is 6.42 Å². The molecule has 20 heavy (non-hydrogen) atoms. The van der Waals surface area contributed by atoms with Crippen molar-refractivity contribution < 1.29 is 18.0 Å². The molecular formula is C15H20F3NO. The van der Waals surface area contributed by atoms with Crippen LogP contribution < -0.4 is 0 Å². The van der Waals surface area contributed by atoms with E-state index in [1.54, 1.807) is 0 Å². The van der Waals surface area contributed by atoms with Crippen LogP contribution in [0, 0.1) is 30.1 Å². The van der Waals surface area contributed by atoms with Gasteiger partial charge < -0.3 is 4.90 Å². The fourth-order valence-electron chi connectivity index (χ4n) is 3.01. The number of hydrogen-bond acceptors (Lipinski definition) is 1. The maximum Gasteiger partial charge on any atom is 0.392 e. The number of terminal acetylenes is 1. The molecule has 0 aliphatic heterocycles. The van der Waals surface area contributed by atoms with E-state index in [1.807, 2.05) is 0 Å². The summed E-state index contributed by atoms with van der Waals surface area (Å²) < 4.78 is 39.2. The van der Waals surface area contributed by atoms with E-state index in [0.717, 1.165) is 12.8 Å². The molecule has 0 aromatic carbocycles. The van der Waals surface area contributed by atoms with Gasteiger partial charge in [0.15, 0.2) is 0 Å². The first-order valence-corrected chi connectivity index (χ1v) is 7.22. The monoisotopic (exact) mass is 287 g/mol. The fraction of sp³-hybridized carbons (Fsp3) is 0.800. The van der Waals surface area contributed by atoms with E-state index in [1.165, 1.54) is 4.90 Å². The van der Waals surface area contributed by atoms with Gasteiger partial charge in [-0.3, -0.25) is 4.79 Å². The lowest BCUT2D eigenvalue weighted by Gasteiger charge is -2.35. The van der Waals surface area contributed by atoms with Gasteiger partial charge in [0.25, 0.3) is 0 Å². The maximum atomic E-state index is 13.1. The number of rotatable bonds is 4. The Kier molecular flexibility index (Phi) is 4.62. The van der Waals surface area contributed by atoms with Crippen LogP contribution in [0.25, 0.3) is 0 Å². The Morgan fingerprint density at radius 3 is 2.40 bits per heavy atom. The first-order chi connectivity index (χ1) is 9.43. The summed E-state index contributed by atoms with van der Waals surface area (Å²) >= 11 is 0. The van der Waals surface area contributed by atoms with Gasteiger partial charge in [0.1, 0.15) is 0 Å². The average Bonchev–Trinajstić information content (AvgIpc) is 3.20. The summed E-state index contributed by atoms with van der Waals surface area (Å²) in [6.07, 6.45) is 4.67. The number of nitrogens with zero attached hydrogens (tertiary/aromatic N) is 1. The zero-order valence-corrected chi connectivity index (χ0v) is 11.5. The molecule has 2 fully saturated rings. The second-order valence-electron chi connectivity index (χ2n) is 5.91. The summed E-state index contributed by atoms with van der Waals surface area (Å²) in [6.45, 7) is 0.639. The van der Waals surface area contributed by atoms with Gasteiger partial charge >= 0.3 is 6.18 Å². The summed E-state index contributed by atoms with van der Waals surface area (Å²) in [4.78, 5) is 13.9. The van der Waals surface area contributed by atoms with E-state index < -0.39 is 23.9 Å². The van der Waals surface area contributed by atoms with Crippen molar-refractivity contribution in [2.24, 2.45) is 17.8 Å². The van der Waals surface area contributed by atoms with Crippen LogP contribution in [0.1, 0.15) is 38.5 Å². The predicted octanol–water partition coefficient (Wildman–Crippen LogP) is 3.23. The Morgan fingerprint density at radius 1 is 1.20 bits per heavy atom. The largest absolute Gasteiger partial charge is 0.392 e. The first kappa shape index (κ1) is 15.2. The molecule has 0 spiro atoms. The highest BCUT2D eigenvalue weighted by atomic mass is 19.4. The van der Waals surface area contributed by atoms with Crippen molar-refractivity contribution in [2.45, 2.75) is 44.7 Å². The standard InChI is InChI=1S/C15H20F3NO/c1-2-9-19(10-11-7-8-11)14(20)12-5-3-4-6-13(12)15(16,17)18/h1,11-13H,3-10H2. The minimum absolute atomic E-state index is 0.0627. The summed E-state index contributed by atoms with van der Waals surface area (Å²) in [5.41, 5.74) is 0. The summed E-state index contributed by atoms with van der Waals surface area (Å²) in [7, 11) is 0. The van der Waals surface area contributed by atoms with Gasteiger partial charge in [-0.15, -0.1) is 6.42 Å². The second kappa shape index (κ2) is 6.07. The van der Waals surface area contributed by atoms with Crippen LogP contribution in [0.5, 0.6) is 0 Å². The highest BCUT2D eigenvalue weighted by Crippen LogP contribution is 2.42. The van der Waals surface area contributed by atoms with Crippen molar-refractivity contribution in [1.29, 1.82) is 0 Å². The number of hydrogen-bond donors (Lipinski definition) is 0. The molecule has 2 aliphatic carbocycles. The van der Waals surface area contributed by atoms with Gasteiger partial charge in [0.2, 0.25) is 5.91 Å². The van der Waals surface area contributed by atoms with Crippen molar-refractivity contribution in [2.75, 3.05) is 13.1 Å². The summed E-state index contributed by atoms with van der Waals surface area (Å²) in [5.74, 6) is 0.00593. The minimum atomic E-state index is -4.29. The Hall–Kier alpha value is -1.18. The third-order valence-corrected chi connectivity index (χ3v) is 4.27. The molecule has 1 amide bonds. The van der Waals surface area contributed by atoms with Gasteiger partial charge in [-0.25, -0.2) is 0 Å². The van der Waals surface area contributed by atoms with Crippen molar-refractivity contribution >= 4 is 5.91 Å². The molecule has 0 aromatic heterocycles. The molecule has 0 bridgehead atoms. The molecule has 0 aromatic rings. The zero-order chi connectivity index (χ0) is 14.8. The first-order valence-electron chi connectivity index (χ1n) is 7.22. The lowest BCUT2D eigenvalue weighted by Crippen LogP contribution is -2.45. The fourth-order valence-corrected chi connectivity index (χ4v) is 3.01. The van der Waals surface area contributed by atoms with Crippen LogP contribution >= 0.6 is 0 Å². The second-order valence-corrected chi connectivity index (χ2v) is 5.91. The van der Waals surface area contributed by atoms with Gasteiger partial charge in [0.05, 0.1) is 12.5 Å². The van der Waals surface area contributed by atoms with Crippen LogP contribution in [-0.2, 0) is 4.79 Å². The normalized spacial score (nSPS) is 26.9. The molecule has 0 saturated heterocycles. The number of alkyl halides is 3. The number of carbonyl (C=O) groups excluding carboxylic acids is 1. The lowest BCUT2D eigenvalue weighted by molar-refractivity contribution is -0.200. The Labute approximate surface area is 117 Å². The van der Waals surface area contributed by atoms with E-state index in [2.05, 4.69) is 5.92 Å². The van der Waals surface area contributed by atoms with Crippen LogP contribution in [0.15, 0.2) is 0 Å². The Balaban J connectivity index is 2.08. The SMILES string of the molecule is C#CCN(CC1CC1)C(=O)C1CCCCC1C(F)(F)F. The van der Waals surface area contributed by atoms with Crippen LogP contribution in [0.3, 0.4) is 0 Å². The van der Waals surface area contributed by atoms with Crippen molar-refractivity contribution in [3.63, 3.8) is 0 Å². The van der Waals surface area contributed by atoms with Crippen molar-refractivity contribution in [1.82, 2.24) is 4.90 Å². The van der Waals surface area contributed by atoms with E-state index >= 15 is 0 Å². The molecule has 2 nitrogen and oxygen atoms in total. The lowest BCUT2D eigenvalue weighted by atomic mass is 9.78. The molecular weight excluding hydrogens is 267 g/mol. The number of carbonyl (C=O) groups is 1. The zero-order valence-electron chi connectivity index (χ0n) is 11.5. The maximum absolute atomic E-state index is 13.1. The summed E-state index contributed by atoms with van der Waals surface area (Å²) in [6, 6.07) is 0. The molecule has 0 heterocycles. The van der Waals surface area contributed by atoms with Gasteiger partial charge in [-0.1, -0.05) is 18.8 Å². The van der Waals surface area contributed by atoms with Gasteiger partial charge in [0, 0.05) is 12.5 Å². The molecule has 2 unspecified atom stereocenters. The average molecular weight is 287 g/mol. The van der Waals surface area contributed by atoms with E-state index in [0.29, 0.717) is 31.7 Å². The quantitative estimate of drug-likeness (QED) is 0.727. The van der Waals surface area contributed by atoms with E-state index in [9.17, 15) is 18.0 Å². The smallest absolute Gasteiger partial charge is 0.331 e. The van der Waals surface area contributed by atoms with E-state index in [-0.39, 0.29) is 13.0 Å². The molecule has 2 rings (SSSR count). The molecule has 5 heteroatoms. The molecule has 2 atom stereocenters. The minimum Gasteiger partial charge on any atom is -0.331 e.